The summed E-state index contributed by atoms with van der Waals surface area (Å²) in [6.07, 6.45) is 4.12. The first-order valence-electron chi connectivity index (χ1n) is 11.6. The second-order valence-corrected chi connectivity index (χ2v) is 9.37. The standard InChI is InChI=1S/C25H33N5O2/c1-17-14-18(2)28-24(27-17)26-13-12-23(32)30-20(15-19-8-5-4-6-9-19)16-25(3)21(30)10-7-11-22(31)29-25/h4-6,8-9,14,20-21H,7,10-13,15-16H2,1-3H3,(H,29,31)(H,26,27,28)/t20-,21+,25+/m1/s1. The zero-order valence-electron chi connectivity index (χ0n) is 19.2. The summed E-state index contributed by atoms with van der Waals surface area (Å²) in [4.78, 5) is 36.7. The highest BCUT2D eigenvalue weighted by Crippen LogP contribution is 2.39. The molecule has 0 aliphatic carbocycles. The van der Waals surface area contributed by atoms with Crippen molar-refractivity contribution in [3.05, 3.63) is 53.3 Å². The van der Waals surface area contributed by atoms with E-state index in [9.17, 15) is 9.59 Å². The minimum Gasteiger partial charge on any atom is -0.354 e. The van der Waals surface area contributed by atoms with E-state index in [0.29, 0.717) is 25.3 Å². The molecule has 0 bridgehead atoms. The van der Waals surface area contributed by atoms with Crippen molar-refractivity contribution in [3.8, 4) is 0 Å². The highest BCUT2D eigenvalue weighted by molar-refractivity contribution is 5.80. The van der Waals surface area contributed by atoms with Crippen molar-refractivity contribution in [2.24, 2.45) is 0 Å². The third-order valence-corrected chi connectivity index (χ3v) is 6.64. The normalized spacial score (nSPS) is 25.1. The maximum absolute atomic E-state index is 13.5. The number of hydrogen-bond donors (Lipinski definition) is 2. The van der Waals surface area contributed by atoms with E-state index < -0.39 is 0 Å². The molecule has 0 unspecified atom stereocenters. The number of rotatable bonds is 6. The summed E-state index contributed by atoms with van der Waals surface area (Å²) in [5.74, 6) is 0.771. The SMILES string of the molecule is Cc1cc(C)nc(NCCC(=O)N2[C@H](Cc3ccccc3)C[C@]3(C)NC(=O)CCC[C@H]23)n1. The summed E-state index contributed by atoms with van der Waals surface area (Å²) in [6, 6.07) is 12.3. The van der Waals surface area contributed by atoms with Gasteiger partial charge in [-0.2, -0.15) is 0 Å². The number of anilines is 1. The van der Waals surface area contributed by atoms with Crippen LogP contribution in [0.2, 0.25) is 0 Å². The summed E-state index contributed by atoms with van der Waals surface area (Å²) in [5.41, 5.74) is 2.63. The first-order valence-corrected chi connectivity index (χ1v) is 11.6. The number of fused-ring (bicyclic) bond motifs is 1. The van der Waals surface area contributed by atoms with Crippen LogP contribution in [0.15, 0.2) is 36.4 Å². The Morgan fingerprint density at radius 3 is 2.66 bits per heavy atom. The maximum Gasteiger partial charge on any atom is 0.224 e. The second kappa shape index (κ2) is 9.27. The van der Waals surface area contributed by atoms with Gasteiger partial charge >= 0.3 is 0 Å². The van der Waals surface area contributed by atoms with E-state index in [1.165, 1.54) is 5.56 Å². The van der Waals surface area contributed by atoms with Crippen LogP contribution < -0.4 is 10.6 Å². The van der Waals surface area contributed by atoms with Crippen LogP contribution in [0.25, 0.3) is 0 Å². The fourth-order valence-electron chi connectivity index (χ4n) is 5.36. The van der Waals surface area contributed by atoms with E-state index in [4.69, 9.17) is 0 Å². The van der Waals surface area contributed by atoms with Crippen molar-refractivity contribution < 1.29 is 9.59 Å². The van der Waals surface area contributed by atoms with E-state index in [-0.39, 0.29) is 29.4 Å². The molecule has 0 saturated carbocycles. The minimum absolute atomic E-state index is 0.0210. The summed E-state index contributed by atoms with van der Waals surface area (Å²) in [5, 5.41) is 6.45. The average molecular weight is 436 g/mol. The quantitative estimate of drug-likeness (QED) is 0.728. The summed E-state index contributed by atoms with van der Waals surface area (Å²) in [6.45, 7) is 6.45. The van der Waals surface area contributed by atoms with Gasteiger partial charge in [-0.15, -0.1) is 0 Å². The van der Waals surface area contributed by atoms with Gasteiger partial charge < -0.3 is 15.5 Å². The smallest absolute Gasteiger partial charge is 0.224 e. The van der Waals surface area contributed by atoms with Crippen molar-refractivity contribution in [3.63, 3.8) is 0 Å². The van der Waals surface area contributed by atoms with E-state index in [0.717, 1.165) is 37.1 Å². The molecule has 3 atom stereocenters. The lowest BCUT2D eigenvalue weighted by Crippen LogP contribution is -2.54. The van der Waals surface area contributed by atoms with Gasteiger partial charge in [0, 0.05) is 36.8 Å². The molecule has 7 heteroatoms. The molecule has 2 fully saturated rings. The molecule has 2 N–H and O–H groups in total. The van der Waals surface area contributed by atoms with Crippen molar-refractivity contribution >= 4 is 17.8 Å². The molecule has 0 spiro atoms. The Labute approximate surface area is 190 Å². The van der Waals surface area contributed by atoms with E-state index in [2.05, 4.69) is 44.6 Å². The largest absolute Gasteiger partial charge is 0.354 e. The number of hydrogen-bond acceptors (Lipinski definition) is 5. The molecule has 0 radical (unpaired) electrons. The van der Waals surface area contributed by atoms with Gasteiger partial charge in [0.15, 0.2) is 0 Å². The first kappa shape index (κ1) is 22.2. The van der Waals surface area contributed by atoms with Gasteiger partial charge in [0.1, 0.15) is 0 Å². The van der Waals surface area contributed by atoms with Crippen molar-refractivity contribution in [2.45, 2.75) is 76.9 Å². The number of amides is 2. The highest BCUT2D eigenvalue weighted by atomic mass is 16.2. The molecule has 170 valence electrons. The Bertz CT molecular complexity index is 959. The number of aryl methyl sites for hydroxylation is 2. The maximum atomic E-state index is 13.5. The van der Waals surface area contributed by atoms with Crippen LogP contribution in [0.4, 0.5) is 5.95 Å². The van der Waals surface area contributed by atoms with Gasteiger partial charge in [0.25, 0.3) is 0 Å². The monoisotopic (exact) mass is 435 g/mol. The van der Waals surface area contributed by atoms with Gasteiger partial charge in [-0.3, -0.25) is 9.59 Å². The zero-order valence-corrected chi connectivity index (χ0v) is 19.2. The van der Waals surface area contributed by atoms with Gasteiger partial charge in [-0.25, -0.2) is 9.97 Å². The third kappa shape index (κ3) is 4.92. The van der Waals surface area contributed by atoms with E-state index in [1.54, 1.807) is 0 Å². The van der Waals surface area contributed by atoms with Gasteiger partial charge in [0.05, 0.1) is 11.6 Å². The topological polar surface area (TPSA) is 87.2 Å². The van der Waals surface area contributed by atoms with Crippen molar-refractivity contribution in [2.75, 3.05) is 11.9 Å². The first-order chi connectivity index (χ1) is 15.3. The van der Waals surface area contributed by atoms with Crippen LogP contribution in [0, 0.1) is 13.8 Å². The summed E-state index contributed by atoms with van der Waals surface area (Å²) in [7, 11) is 0. The molecule has 2 aliphatic heterocycles. The molecule has 7 nitrogen and oxygen atoms in total. The minimum atomic E-state index is -0.382. The van der Waals surface area contributed by atoms with Crippen LogP contribution in [-0.2, 0) is 16.0 Å². The van der Waals surface area contributed by atoms with Crippen LogP contribution in [0.3, 0.4) is 0 Å². The Morgan fingerprint density at radius 1 is 1.22 bits per heavy atom. The summed E-state index contributed by atoms with van der Waals surface area (Å²) < 4.78 is 0. The number of carbonyl (C=O) groups is 2. The number of benzene rings is 1. The lowest BCUT2D eigenvalue weighted by molar-refractivity contribution is -0.134. The number of aromatic nitrogens is 2. The predicted octanol–water partition coefficient (Wildman–Crippen LogP) is 3.17. The molecule has 3 heterocycles. The lowest BCUT2D eigenvalue weighted by atomic mass is 9.88. The van der Waals surface area contributed by atoms with Crippen LogP contribution in [0.1, 0.15) is 56.0 Å². The van der Waals surface area contributed by atoms with Gasteiger partial charge in [-0.1, -0.05) is 30.3 Å². The molecule has 2 saturated heterocycles. The molecule has 1 aromatic carbocycles. The third-order valence-electron chi connectivity index (χ3n) is 6.64. The van der Waals surface area contributed by atoms with Crippen LogP contribution in [-0.4, -0.2) is 50.8 Å². The van der Waals surface area contributed by atoms with Gasteiger partial charge in [0.2, 0.25) is 17.8 Å². The molecular weight excluding hydrogens is 402 g/mol. The van der Waals surface area contributed by atoms with Crippen LogP contribution in [0.5, 0.6) is 0 Å². The number of likely N-dealkylation sites (tertiary alicyclic amines) is 1. The van der Waals surface area contributed by atoms with Crippen LogP contribution >= 0.6 is 0 Å². The second-order valence-electron chi connectivity index (χ2n) is 9.37. The Morgan fingerprint density at radius 2 is 1.94 bits per heavy atom. The van der Waals surface area contributed by atoms with Crippen molar-refractivity contribution in [1.29, 1.82) is 0 Å². The number of nitrogens with one attached hydrogen (secondary N) is 2. The molecule has 1 aromatic heterocycles. The fourth-order valence-corrected chi connectivity index (χ4v) is 5.36. The Balaban J connectivity index is 1.50. The molecule has 2 aromatic rings. The number of nitrogens with zero attached hydrogens (tertiary/aromatic N) is 3. The predicted molar refractivity (Wildman–Crippen MR) is 124 cm³/mol. The van der Waals surface area contributed by atoms with E-state index >= 15 is 0 Å². The molecule has 32 heavy (non-hydrogen) atoms. The van der Waals surface area contributed by atoms with Crippen molar-refractivity contribution in [1.82, 2.24) is 20.2 Å². The molecule has 2 amide bonds. The van der Waals surface area contributed by atoms with E-state index in [1.807, 2.05) is 38.1 Å². The Hall–Kier alpha value is -2.96. The molecule has 4 rings (SSSR count). The summed E-state index contributed by atoms with van der Waals surface area (Å²) >= 11 is 0. The molecule has 2 aliphatic rings. The average Bonchev–Trinajstić information content (AvgIpc) is 2.89. The molecular formula is C25H33N5O2. The van der Waals surface area contributed by atoms with Gasteiger partial charge in [-0.05, 0) is 58.1 Å². The zero-order chi connectivity index (χ0) is 22.7. The highest BCUT2D eigenvalue weighted by Gasteiger charge is 2.52. The Kier molecular flexibility index (Phi) is 6.44. The number of carbonyl (C=O) groups excluding carboxylic acids is 2. The lowest BCUT2D eigenvalue weighted by Gasteiger charge is -2.35. The fraction of sp³-hybridized carbons (Fsp3) is 0.520.